The molecule has 1 aliphatic carbocycles. The Morgan fingerprint density at radius 2 is 2.40 bits per heavy atom. The molecule has 1 saturated carbocycles. The van der Waals surface area contributed by atoms with Gasteiger partial charge in [-0.05, 0) is 36.5 Å². The van der Waals surface area contributed by atoms with E-state index in [1.807, 2.05) is 11.8 Å². The minimum atomic E-state index is 0.332. The van der Waals surface area contributed by atoms with Crippen LogP contribution >= 0.6 is 27.7 Å². The van der Waals surface area contributed by atoms with E-state index in [1.165, 1.54) is 37.0 Å². The average molecular weight is 353 g/mol. The van der Waals surface area contributed by atoms with Crippen LogP contribution in [-0.4, -0.2) is 16.5 Å². The Hall–Kier alpha value is -0.480. The Bertz CT molecular complexity index is 517. The van der Waals surface area contributed by atoms with Gasteiger partial charge in [0.05, 0.1) is 6.54 Å². The molecule has 1 aromatic carbocycles. The van der Waals surface area contributed by atoms with Crippen molar-refractivity contribution >= 4 is 32.9 Å². The van der Waals surface area contributed by atoms with E-state index in [2.05, 4.69) is 52.4 Å². The molecular formula is C16H21BrN2S. The first kappa shape index (κ1) is 14.5. The Morgan fingerprint density at radius 3 is 3.20 bits per heavy atom. The Morgan fingerprint density at radius 1 is 1.50 bits per heavy atom. The van der Waals surface area contributed by atoms with Gasteiger partial charge in [0.1, 0.15) is 0 Å². The van der Waals surface area contributed by atoms with Crippen LogP contribution in [0.5, 0.6) is 0 Å². The maximum absolute atomic E-state index is 4.76. The van der Waals surface area contributed by atoms with Gasteiger partial charge in [-0.2, -0.15) is 0 Å². The second kappa shape index (κ2) is 6.10. The van der Waals surface area contributed by atoms with Gasteiger partial charge >= 0.3 is 0 Å². The predicted molar refractivity (Wildman–Crippen MR) is 91.2 cm³/mol. The molecule has 1 aromatic rings. The number of nitrogens with one attached hydrogen (secondary N) is 1. The molecule has 2 atom stereocenters. The van der Waals surface area contributed by atoms with E-state index in [9.17, 15) is 0 Å². The van der Waals surface area contributed by atoms with Crippen LogP contribution in [0, 0.1) is 5.92 Å². The second-order valence-electron chi connectivity index (χ2n) is 6.15. The number of aliphatic imine (C=N–C) groups is 1. The van der Waals surface area contributed by atoms with Gasteiger partial charge in [0, 0.05) is 15.8 Å². The van der Waals surface area contributed by atoms with E-state index >= 15 is 0 Å². The second-order valence-corrected chi connectivity index (χ2v) is 8.03. The highest BCUT2D eigenvalue weighted by Gasteiger charge is 2.40. The zero-order chi connectivity index (χ0) is 14.0. The highest BCUT2D eigenvalue weighted by molar-refractivity contribution is 9.10. The monoisotopic (exact) mass is 352 g/mol. The van der Waals surface area contributed by atoms with Crippen LogP contribution in [0.3, 0.4) is 0 Å². The molecule has 2 nitrogen and oxygen atoms in total. The summed E-state index contributed by atoms with van der Waals surface area (Å²) in [6.45, 7) is 3.14. The SMILES string of the molecule is CC1CCCC2(CSC(=NCc3cccc(Br)c3)N2)C1. The smallest absolute Gasteiger partial charge is 0.157 e. The maximum Gasteiger partial charge on any atom is 0.157 e. The van der Waals surface area contributed by atoms with Crippen LogP contribution < -0.4 is 5.32 Å². The summed E-state index contributed by atoms with van der Waals surface area (Å²) in [5.74, 6) is 2.04. The molecular weight excluding hydrogens is 332 g/mol. The molecule has 1 N–H and O–H groups in total. The Balaban J connectivity index is 1.63. The van der Waals surface area contributed by atoms with Crippen LogP contribution in [0.25, 0.3) is 0 Å². The molecule has 108 valence electrons. The summed E-state index contributed by atoms with van der Waals surface area (Å²) < 4.78 is 1.12. The summed E-state index contributed by atoms with van der Waals surface area (Å²) >= 11 is 5.41. The van der Waals surface area contributed by atoms with Gasteiger partial charge in [-0.1, -0.05) is 59.6 Å². The summed E-state index contributed by atoms with van der Waals surface area (Å²) in [5.41, 5.74) is 1.59. The van der Waals surface area contributed by atoms with Crippen LogP contribution in [0.2, 0.25) is 0 Å². The van der Waals surface area contributed by atoms with Crippen molar-refractivity contribution in [1.29, 1.82) is 0 Å². The fourth-order valence-electron chi connectivity index (χ4n) is 3.29. The van der Waals surface area contributed by atoms with Crippen molar-refractivity contribution in [2.75, 3.05) is 5.75 Å². The Kier molecular flexibility index (Phi) is 4.41. The lowest BCUT2D eigenvalue weighted by atomic mass is 9.78. The molecule has 3 rings (SSSR count). The quantitative estimate of drug-likeness (QED) is 0.841. The topological polar surface area (TPSA) is 24.4 Å². The molecule has 2 unspecified atom stereocenters. The minimum Gasteiger partial charge on any atom is -0.359 e. The van der Waals surface area contributed by atoms with E-state index in [4.69, 9.17) is 4.99 Å². The number of amidine groups is 1. The lowest BCUT2D eigenvalue weighted by Gasteiger charge is -2.36. The van der Waals surface area contributed by atoms with E-state index in [0.717, 1.165) is 22.1 Å². The van der Waals surface area contributed by atoms with Crippen LogP contribution in [0.1, 0.15) is 38.2 Å². The van der Waals surface area contributed by atoms with Crippen molar-refractivity contribution in [2.45, 2.75) is 44.7 Å². The standard InChI is InChI=1S/C16H21BrN2S/c1-12-4-3-7-16(9-12)11-20-15(19-16)18-10-13-5-2-6-14(17)8-13/h2,5-6,8,12H,3-4,7,9-11H2,1H3,(H,18,19). The van der Waals surface area contributed by atoms with Crippen molar-refractivity contribution in [3.63, 3.8) is 0 Å². The molecule has 1 saturated heterocycles. The average Bonchev–Trinajstić information content (AvgIpc) is 2.79. The van der Waals surface area contributed by atoms with Crippen molar-refractivity contribution in [1.82, 2.24) is 5.32 Å². The predicted octanol–water partition coefficient (Wildman–Crippen LogP) is 4.59. The zero-order valence-corrected chi connectivity index (χ0v) is 14.3. The van der Waals surface area contributed by atoms with Crippen LogP contribution in [-0.2, 0) is 6.54 Å². The van der Waals surface area contributed by atoms with E-state index in [-0.39, 0.29) is 0 Å². The third kappa shape index (κ3) is 3.40. The van der Waals surface area contributed by atoms with Gasteiger partial charge < -0.3 is 5.32 Å². The lowest BCUT2D eigenvalue weighted by Crippen LogP contribution is -2.47. The van der Waals surface area contributed by atoms with Crippen LogP contribution in [0.4, 0.5) is 0 Å². The molecule has 0 bridgehead atoms. The number of benzene rings is 1. The highest BCUT2D eigenvalue weighted by atomic mass is 79.9. The van der Waals surface area contributed by atoms with Crippen molar-refractivity contribution in [2.24, 2.45) is 10.9 Å². The van der Waals surface area contributed by atoms with Crippen molar-refractivity contribution in [3.05, 3.63) is 34.3 Å². The molecule has 0 amide bonds. The van der Waals surface area contributed by atoms with Gasteiger partial charge in [-0.15, -0.1) is 0 Å². The lowest BCUT2D eigenvalue weighted by molar-refractivity contribution is 0.242. The normalized spacial score (nSPS) is 31.7. The van der Waals surface area contributed by atoms with Crippen molar-refractivity contribution < 1.29 is 0 Å². The van der Waals surface area contributed by atoms with E-state index < -0.39 is 0 Å². The molecule has 0 aromatic heterocycles. The maximum atomic E-state index is 4.76. The fraction of sp³-hybridized carbons (Fsp3) is 0.562. The summed E-state index contributed by atoms with van der Waals surface area (Å²) in [6, 6.07) is 8.39. The molecule has 20 heavy (non-hydrogen) atoms. The van der Waals surface area contributed by atoms with E-state index in [1.54, 1.807) is 0 Å². The third-order valence-corrected chi connectivity index (χ3v) is 5.94. The number of hydrogen-bond acceptors (Lipinski definition) is 2. The largest absolute Gasteiger partial charge is 0.359 e. The summed E-state index contributed by atoms with van der Waals surface area (Å²) in [6.07, 6.45) is 5.35. The number of halogens is 1. The fourth-order valence-corrected chi connectivity index (χ4v) is 4.93. The molecule has 0 radical (unpaired) electrons. The molecule has 2 fully saturated rings. The highest BCUT2D eigenvalue weighted by Crippen LogP contribution is 2.38. The third-order valence-electron chi connectivity index (χ3n) is 4.24. The summed E-state index contributed by atoms with van der Waals surface area (Å²) in [7, 11) is 0. The minimum absolute atomic E-state index is 0.332. The van der Waals surface area contributed by atoms with Gasteiger partial charge in [0.25, 0.3) is 0 Å². The Labute approximate surface area is 134 Å². The molecule has 1 heterocycles. The molecule has 4 heteroatoms. The summed E-state index contributed by atoms with van der Waals surface area (Å²) in [4.78, 5) is 4.76. The van der Waals surface area contributed by atoms with Gasteiger partial charge in [0.2, 0.25) is 0 Å². The van der Waals surface area contributed by atoms with Crippen molar-refractivity contribution in [3.8, 4) is 0 Å². The zero-order valence-electron chi connectivity index (χ0n) is 11.9. The van der Waals surface area contributed by atoms with Gasteiger partial charge in [0.15, 0.2) is 5.17 Å². The first-order valence-electron chi connectivity index (χ1n) is 7.35. The van der Waals surface area contributed by atoms with E-state index in [0.29, 0.717) is 5.54 Å². The van der Waals surface area contributed by atoms with Crippen LogP contribution in [0.15, 0.2) is 33.7 Å². The first-order valence-corrected chi connectivity index (χ1v) is 9.13. The molecule has 1 spiro atoms. The van der Waals surface area contributed by atoms with Gasteiger partial charge in [-0.25, -0.2) is 0 Å². The number of nitrogens with zero attached hydrogens (tertiary/aromatic N) is 1. The number of thioether (sulfide) groups is 1. The summed E-state index contributed by atoms with van der Waals surface area (Å²) in [5, 5.41) is 4.86. The van der Waals surface area contributed by atoms with Gasteiger partial charge in [-0.3, -0.25) is 4.99 Å². The molecule has 1 aliphatic heterocycles. The number of hydrogen-bond donors (Lipinski definition) is 1. The molecule has 2 aliphatic rings. The first-order chi connectivity index (χ1) is 9.65. The number of rotatable bonds is 2.